The van der Waals surface area contributed by atoms with Crippen LogP contribution in [0.25, 0.3) is 0 Å². The Morgan fingerprint density at radius 3 is 2.44 bits per heavy atom. The summed E-state index contributed by atoms with van der Waals surface area (Å²) in [6.45, 7) is 4.02. The van der Waals surface area contributed by atoms with E-state index in [1.807, 2.05) is 19.1 Å². The third-order valence-electron chi connectivity index (χ3n) is 4.77. The van der Waals surface area contributed by atoms with Gasteiger partial charge in [0, 0.05) is 23.8 Å². The zero-order chi connectivity index (χ0) is 19.6. The van der Waals surface area contributed by atoms with E-state index in [-0.39, 0.29) is 16.8 Å². The highest BCUT2D eigenvalue weighted by molar-refractivity contribution is 7.92. The number of nitrogens with one attached hydrogen (secondary N) is 2. The van der Waals surface area contributed by atoms with Gasteiger partial charge in [0.15, 0.2) is 0 Å². The van der Waals surface area contributed by atoms with E-state index in [2.05, 4.69) is 10.0 Å². The summed E-state index contributed by atoms with van der Waals surface area (Å²) < 4.78 is 28.1. The molecular weight excluding hydrogens is 362 g/mol. The lowest BCUT2D eigenvalue weighted by Gasteiger charge is -2.14. The molecule has 0 bridgehead atoms. The molecule has 7 heteroatoms. The highest BCUT2D eigenvalue weighted by Crippen LogP contribution is 2.31. The van der Waals surface area contributed by atoms with E-state index in [0.29, 0.717) is 29.3 Å². The maximum absolute atomic E-state index is 12.8. The van der Waals surface area contributed by atoms with Crippen molar-refractivity contribution in [3.8, 4) is 0 Å². The number of carbonyl (C=O) groups is 1. The number of rotatable bonds is 7. The monoisotopic (exact) mass is 387 g/mol. The van der Waals surface area contributed by atoms with Crippen LogP contribution in [-0.2, 0) is 10.0 Å². The fraction of sp³-hybridized carbons (Fsp3) is 0.350. The molecule has 1 amide bonds. The predicted octanol–water partition coefficient (Wildman–Crippen LogP) is 2.57. The lowest BCUT2D eigenvalue weighted by atomic mass is 10.1. The number of sulfonamides is 1. The third-order valence-corrected chi connectivity index (χ3v) is 6.29. The summed E-state index contributed by atoms with van der Waals surface area (Å²) in [6, 6.07) is 11.7. The standard InChI is InChI=1S/C20H25N3O3S/c1-13-3-9-17(10-4-13)23-27(25,26)19-11-16(6-5-14(19)2)20(24)22-12-18(21)15-7-8-15/h3-6,9-11,15,18,23H,7-8,12,21H2,1-2H3,(H,22,24). The van der Waals surface area contributed by atoms with Crippen LogP contribution in [0.2, 0.25) is 0 Å². The first-order valence-corrected chi connectivity index (χ1v) is 10.5. The molecule has 1 aliphatic rings. The number of nitrogens with two attached hydrogens (primary N) is 1. The van der Waals surface area contributed by atoms with Gasteiger partial charge in [0.25, 0.3) is 15.9 Å². The highest BCUT2D eigenvalue weighted by atomic mass is 32.2. The number of amides is 1. The average Bonchev–Trinajstić information content (AvgIpc) is 3.46. The quantitative estimate of drug-likeness (QED) is 0.679. The topological polar surface area (TPSA) is 101 Å². The molecular formula is C20H25N3O3S. The van der Waals surface area contributed by atoms with Gasteiger partial charge in [-0.2, -0.15) is 0 Å². The molecule has 0 heterocycles. The Kier molecular flexibility index (Phi) is 5.53. The molecule has 3 rings (SSSR count). The number of aryl methyl sites for hydroxylation is 2. The summed E-state index contributed by atoms with van der Waals surface area (Å²) in [7, 11) is -3.80. The van der Waals surface area contributed by atoms with Crippen molar-refractivity contribution in [3.05, 3.63) is 59.2 Å². The minimum Gasteiger partial charge on any atom is -0.350 e. The Balaban J connectivity index is 1.77. The molecule has 1 unspecified atom stereocenters. The van der Waals surface area contributed by atoms with E-state index in [4.69, 9.17) is 5.73 Å². The fourth-order valence-electron chi connectivity index (χ4n) is 2.87. The Hall–Kier alpha value is -2.38. The number of anilines is 1. The molecule has 144 valence electrons. The van der Waals surface area contributed by atoms with Gasteiger partial charge in [-0.3, -0.25) is 9.52 Å². The maximum Gasteiger partial charge on any atom is 0.262 e. The van der Waals surface area contributed by atoms with Crippen molar-refractivity contribution in [3.63, 3.8) is 0 Å². The van der Waals surface area contributed by atoms with Gasteiger partial charge in [0.1, 0.15) is 0 Å². The van der Waals surface area contributed by atoms with Crippen molar-refractivity contribution in [1.29, 1.82) is 0 Å². The number of carbonyl (C=O) groups excluding carboxylic acids is 1. The average molecular weight is 388 g/mol. The van der Waals surface area contributed by atoms with Gasteiger partial charge in [-0.15, -0.1) is 0 Å². The van der Waals surface area contributed by atoms with Crippen LogP contribution in [0.4, 0.5) is 5.69 Å². The van der Waals surface area contributed by atoms with Gasteiger partial charge in [0.05, 0.1) is 4.90 Å². The molecule has 6 nitrogen and oxygen atoms in total. The molecule has 27 heavy (non-hydrogen) atoms. The van der Waals surface area contributed by atoms with Gasteiger partial charge in [-0.1, -0.05) is 23.8 Å². The van der Waals surface area contributed by atoms with Crippen LogP contribution in [0, 0.1) is 19.8 Å². The number of hydrogen-bond acceptors (Lipinski definition) is 4. The molecule has 0 saturated heterocycles. The van der Waals surface area contributed by atoms with E-state index < -0.39 is 10.0 Å². The third kappa shape index (κ3) is 4.87. The smallest absolute Gasteiger partial charge is 0.262 e. The second-order valence-corrected chi connectivity index (χ2v) is 8.81. The molecule has 1 atom stereocenters. The van der Waals surface area contributed by atoms with Crippen LogP contribution in [0.15, 0.2) is 47.4 Å². The van der Waals surface area contributed by atoms with E-state index >= 15 is 0 Å². The first kappa shape index (κ1) is 19.4. The molecule has 1 saturated carbocycles. The van der Waals surface area contributed by atoms with Crippen molar-refractivity contribution in [1.82, 2.24) is 5.32 Å². The minimum absolute atomic E-state index is 0.0502. The van der Waals surface area contributed by atoms with Crippen LogP contribution in [0.5, 0.6) is 0 Å². The van der Waals surface area contributed by atoms with Gasteiger partial charge < -0.3 is 11.1 Å². The molecule has 1 aliphatic carbocycles. The second kappa shape index (κ2) is 7.70. The van der Waals surface area contributed by atoms with Gasteiger partial charge in [-0.25, -0.2) is 8.42 Å². The molecule has 0 aromatic heterocycles. The van der Waals surface area contributed by atoms with E-state index in [9.17, 15) is 13.2 Å². The zero-order valence-electron chi connectivity index (χ0n) is 15.5. The zero-order valence-corrected chi connectivity index (χ0v) is 16.3. The van der Waals surface area contributed by atoms with Crippen LogP contribution in [0.3, 0.4) is 0 Å². The van der Waals surface area contributed by atoms with Crippen molar-refractivity contribution >= 4 is 21.6 Å². The summed E-state index contributed by atoms with van der Waals surface area (Å²) >= 11 is 0. The molecule has 1 fully saturated rings. The largest absolute Gasteiger partial charge is 0.350 e. The Morgan fingerprint density at radius 2 is 1.81 bits per heavy atom. The fourth-order valence-corrected chi connectivity index (χ4v) is 4.20. The lowest BCUT2D eigenvalue weighted by Crippen LogP contribution is -2.38. The van der Waals surface area contributed by atoms with E-state index in [1.165, 1.54) is 6.07 Å². The van der Waals surface area contributed by atoms with Crippen LogP contribution >= 0.6 is 0 Å². The van der Waals surface area contributed by atoms with E-state index in [0.717, 1.165) is 18.4 Å². The first-order chi connectivity index (χ1) is 12.8. The predicted molar refractivity (Wildman–Crippen MR) is 106 cm³/mol. The van der Waals surface area contributed by atoms with Crippen molar-refractivity contribution in [2.75, 3.05) is 11.3 Å². The second-order valence-electron chi connectivity index (χ2n) is 7.16. The number of benzene rings is 2. The SMILES string of the molecule is Cc1ccc(NS(=O)(=O)c2cc(C(=O)NCC(N)C3CC3)ccc2C)cc1. The minimum atomic E-state index is -3.80. The van der Waals surface area contributed by atoms with Crippen molar-refractivity contribution < 1.29 is 13.2 Å². The van der Waals surface area contributed by atoms with Gasteiger partial charge in [-0.05, 0) is 62.4 Å². The highest BCUT2D eigenvalue weighted by Gasteiger charge is 2.28. The van der Waals surface area contributed by atoms with Gasteiger partial charge in [0.2, 0.25) is 0 Å². The maximum atomic E-state index is 12.8. The molecule has 2 aromatic rings. The normalized spacial score (nSPS) is 15.2. The Bertz CT molecular complexity index is 935. The molecule has 0 aliphatic heterocycles. The van der Waals surface area contributed by atoms with Crippen molar-refractivity contribution in [2.24, 2.45) is 11.7 Å². The molecule has 2 aromatic carbocycles. The van der Waals surface area contributed by atoms with Crippen LogP contribution in [0.1, 0.15) is 34.3 Å². The number of hydrogen-bond donors (Lipinski definition) is 3. The van der Waals surface area contributed by atoms with Crippen molar-refractivity contribution in [2.45, 2.75) is 37.6 Å². The summed E-state index contributed by atoms with van der Waals surface area (Å²) in [6.07, 6.45) is 2.21. The Labute approximate surface area is 160 Å². The van der Waals surface area contributed by atoms with Gasteiger partial charge >= 0.3 is 0 Å². The Morgan fingerprint density at radius 1 is 1.15 bits per heavy atom. The summed E-state index contributed by atoms with van der Waals surface area (Å²) in [5.41, 5.74) is 8.39. The summed E-state index contributed by atoms with van der Waals surface area (Å²) in [5, 5.41) is 2.79. The lowest BCUT2D eigenvalue weighted by molar-refractivity contribution is 0.0950. The molecule has 0 spiro atoms. The van der Waals surface area contributed by atoms with Crippen LogP contribution < -0.4 is 15.8 Å². The first-order valence-electron chi connectivity index (χ1n) is 9.00. The van der Waals surface area contributed by atoms with Crippen LogP contribution in [-0.4, -0.2) is 26.9 Å². The summed E-state index contributed by atoms with van der Waals surface area (Å²) in [4.78, 5) is 12.5. The molecule has 0 radical (unpaired) electrons. The molecule has 4 N–H and O–H groups in total. The van der Waals surface area contributed by atoms with E-state index in [1.54, 1.807) is 31.2 Å². The summed E-state index contributed by atoms with van der Waals surface area (Å²) in [5.74, 6) is 0.163.